The summed E-state index contributed by atoms with van der Waals surface area (Å²) in [6.45, 7) is 5.96. The minimum absolute atomic E-state index is 0.0987. The second-order valence-electron chi connectivity index (χ2n) is 8.66. The van der Waals surface area contributed by atoms with Crippen molar-refractivity contribution in [1.82, 2.24) is 16.0 Å². The van der Waals surface area contributed by atoms with E-state index in [1.54, 1.807) is 0 Å². The molecule has 0 saturated carbocycles. The molecule has 4 unspecified atom stereocenters. The maximum atomic E-state index is 12.8. The molecule has 0 aliphatic heterocycles. The zero-order valence-corrected chi connectivity index (χ0v) is 20.4. The molecule has 13 nitrogen and oxygen atoms in total. The van der Waals surface area contributed by atoms with Crippen LogP contribution in [-0.2, 0) is 19.2 Å². The number of nitrogens with one attached hydrogen (secondary N) is 3. The summed E-state index contributed by atoms with van der Waals surface area (Å²) in [4.78, 5) is 53.0. The van der Waals surface area contributed by atoms with Gasteiger partial charge in [-0.1, -0.05) is 13.8 Å². The number of hydrogen-bond acceptors (Lipinski definition) is 7. The van der Waals surface area contributed by atoms with Gasteiger partial charge >= 0.3 is 5.97 Å². The Morgan fingerprint density at radius 2 is 1.44 bits per heavy atom. The summed E-state index contributed by atoms with van der Waals surface area (Å²) in [6, 6.07) is -3.87. The average molecular weight is 487 g/mol. The summed E-state index contributed by atoms with van der Waals surface area (Å²) in [7, 11) is 0. The second kappa shape index (κ2) is 16.6. The predicted molar refractivity (Wildman–Crippen MR) is 129 cm³/mol. The first-order chi connectivity index (χ1) is 15.9. The molecule has 0 aliphatic carbocycles. The number of carbonyl (C=O) groups excluding carboxylic acids is 3. The maximum absolute atomic E-state index is 12.8. The van der Waals surface area contributed by atoms with Crippen LogP contribution in [0.15, 0.2) is 4.99 Å². The number of aliphatic carboxylic acids is 1. The number of rotatable bonds is 17. The lowest BCUT2D eigenvalue weighted by molar-refractivity contribution is -0.142. The zero-order chi connectivity index (χ0) is 26.3. The van der Waals surface area contributed by atoms with E-state index in [4.69, 9.17) is 22.9 Å². The summed E-state index contributed by atoms with van der Waals surface area (Å²) >= 11 is 0. The fraction of sp³-hybridized carbons (Fsp3) is 0.762. The molecule has 0 fully saturated rings. The Morgan fingerprint density at radius 3 is 1.97 bits per heavy atom. The van der Waals surface area contributed by atoms with Gasteiger partial charge in [-0.15, -0.1) is 0 Å². The number of carbonyl (C=O) groups is 4. The van der Waals surface area contributed by atoms with Crippen LogP contribution in [0.4, 0.5) is 0 Å². The molecule has 0 heterocycles. The molecule has 0 aromatic heterocycles. The molecule has 0 rings (SSSR count). The van der Waals surface area contributed by atoms with Gasteiger partial charge in [0.1, 0.15) is 18.1 Å². The van der Waals surface area contributed by atoms with Crippen LogP contribution < -0.4 is 38.9 Å². The topological polar surface area (TPSA) is 241 Å². The molecule has 0 aromatic rings. The third-order valence-electron chi connectivity index (χ3n) is 4.95. The number of nitrogens with two attached hydrogens (primary N) is 4. The Bertz CT molecular complexity index is 697. The van der Waals surface area contributed by atoms with Gasteiger partial charge in [-0.05, 0) is 57.9 Å². The van der Waals surface area contributed by atoms with Gasteiger partial charge in [0.25, 0.3) is 0 Å². The quantitative estimate of drug-likeness (QED) is 0.0649. The second-order valence-corrected chi connectivity index (χ2v) is 8.66. The molecule has 12 N–H and O–H groups in total. The van der Waals surface area contributed by atoms with E-state index in [2.05, 4.69) is 20.9 Å². The van der Waals surface area contributed by atoms with E-state index >= 15 is 0 Å². The van der Waals surface area contributed by atoms with E-state index in [9.17, 15) is 24.3 Å². The lowest BCUT2D eigenvalue weighted by Gasteiger charge is -2.24. The van der Waals surface area contributed by atoms with Gasteiger partial charge in [0.05, 0.1) is 6.04 Å². The van der Waals surface area contributed by atoms with Gasteiger partial charge < -0.3 is 44.0 Å². The van der Waals surface area contributed by atoms with Crippen LogP contribution in [0.25, 0.3) is 0 Å². The van der Waals surface area contributed by atoms with Crippen molar-refractivity contribution in [2.24, 2.45) is 33.8 Å². The average Bonchev–Trinajstić information content (AvgIpc) is 2.73. The molecule has 0 radical (unpaired) electrons. The lowest BCUT2D eigenvalue weighted by atomic mass is 10.0. The normalized spacial score (nSPS) is 14.4. The monoisotopic (exact) mass is 486 g/mol. The molecule has 0 spiro atoms. The largest absolute Gasteiger partial charge is 0.480 e. The lowest BCUT2D eigenvalue weighted by Crippen LogP contribution is -2.56. The van der Waals surface area contributed by atoms with Crippen LogP contribution in [-0.4, -0.2) is 72.0 Å². The molecular weight excluding hydrogens is 444 g/mol. The number of hydrogen-bond donors (Lipinski definition) is 8. The first-order valence-corrected chi connectivity index (χ1v) is 11.5. The SMILES string of the molecule is CC(C)CC(N)C(=O)NC(C)C(=O)NC(CCCCN)C(=O)NC(CCCN=C(N)N)C(=O)O. The minimum atomic E-state index is -1.22. The number of aliphatic imine (C=N–C) groups is 1. The molecule has 0 bridgehead atoms. The molecule has 34 heavy (non-hydrogen) atoms. The Hall–Kier alpha value is -2.93. The number of carboxylic acids is 1. The molecule has 3 amide bonds. The highest BCUT2D eigenvalue weighted by Crippen LogP contribution is 2.06. The number of amides is 3. The van der Waals surface area contributed by atoms with E-state index in [0.717, 1.165) is 0 Å². The zero-order valence-electron chi connectivity index (χ0n) is 20.4. The van der Waals surface area contributed by atoms with Gasteiger partial charge in [0.15, 0.2) is 5.96 Å². The Kier molecular flexibility index (Phi) is 15.2. The summed E-state index contributed by atoms with van der Waals surface area (Å²) in [5.41, 5.74) is 21.9. The van der Waals surface area contributed by atoms with Crippen LogP contribution in [0.5, 0.6) is 0 Å². The van der Waals surface area contributed by atoms with Crippen LogP contribution >= 0.6 is 0 Å². The Morgan fingerprint density at radius 1 is 0.853 bits per heavy atom. The fourth-order valence-corrected chi connectivity index (χ4v) is 3.09. The van der Waals surface area contributed by atoms with E-state index in [-0.39, 0.29) is 31.3 Å². The van der Waals surface area contributed by atoms with E-state index in [1.807, 2.05) is 13.8 Å². The Balaban J connectivity index is 5.12. The van der Waals surface area contributed by atoms with Gasteiger partial charge in [-0.2, -0.15) is 0 Å². The first-order valence-electron chi connectivity index (χ1n) is 11.5. The smallest absolute Gasteiger partial charge is 0.326 e. The van der Waals surface area contributed by atoms with Gasteiger partial charge in [-0.3, -0.25) is 19.4 Å². The highest BCUT2D eigenvalue weighted by molar-refractivity contribution is 5.93. The number of carboxylic acid groups (broad SMARTS) is 1. The van der Waals surface area contributed by atoms with Gasteiger partial charge in [0, 0.05) is 6.54 Å². The van der Waals surface area contributed by atoms with Crippen molar-refractivity contribution in [2.45, 2.75) is 83.5 Å². The molecule has 13 heteroatoms. The number of guanidine groups is 1. The third kappa shape index (κ3) is 13.6. The molecule has 0 aliphatic rings. The maximum Gasteiger partial charge on any atom is 0.326 e. The minimum Gasteiger partial charge on any atom is -0.480 e. The standard InChI is InChI=1S/C21H42N8O5/c1-12(2)11-14(23)18(31)27-13(3)17(30)28-15(7-4-5-9-22)19(32)29-16(20(33)34)8-6-10-26-21(24)25/h12-16H,4-11,22-23H2,1-3H3,(H,27,31)(H,28,30)(H,29,32)(H,33,34)(H4,24,25,26). The summed E-state index contributed by atoms with van der Waals surface area (Å²) in [5.74, 6) is -2.81. The van der Waals surface area contributed by atoms with Crippen molar-refractivity contribution in [2.75, 3.05) is 13.1 Å². The third-order valence-corrected chi connectivity index (χ3v) is 4.95. The summed E-state index contributed by atoms with van der Waals surface area (Å²) < 4.78 is 0. The highest BCUT2D eigenvalue weighted by Gasteiger charge is 2.28. The van der Waals surface area contributed by atoms with Crippen molar-refractivity contribution >= 4 is 29.7 Å². The van der Waals surface area contributed by atoms with E-state index < -0.39 is 47.9 Å². The van der Waals surface area contributed by atoms with Crippen molar-refractivity contribution < 1.29 is 24.3 Å². The van der Waals surface area contributed by atoms with Crippen LogP contribution in [0.3, 0.4) is 0 Å². The van der Waals surface area contributed by atoms with Gasteiger partial charge in [0.2, 0.25) is 17.7 Å². The number of nitrogens with zero attached hydrogens (tertiary/aromatic N) is 1. The predicted octanol–water partition coefficient (Wildman–Crippen LogP) is -1.90. The van der Waals surface area contributed by atoms with Crippen molar-refractivity contribution in [3.8, 4) is 0 Å². The van der Waals surface area contributed by atoms with E-state index in [0.29, 0.717) is 32.2 Å². The van der Waals surface area contributed by atoms with Crippen molar-refractivity contribution in [1.29, 1.82) is 0 Å². The highest BCUT2D eigenvalue weighted by atomic mass is 16.4. The van der Waals surface area contributed by atoms with E-state index in [1.165, 1.54) is 6.92 Å². The number of unbranched alkanes of at least 4 members (excludes halogenated alkanes) is 1. The van der Waals surface area contributed by atoms with Crippen LogP contribution in [0.1, 0.15) is 59.3 Å². The summed E-state index contributed by atoms with van der Waals surface area (Å²) in [6.07, 6.45) is 2.31. The van der Waals surface area contributed by atoms with Crippen LogP contribution in [0.2, 0.25) is 0 Å². The molecular formula is C21H42N8O5. The van der Waals surface area contributed by atoms with Gasteiger partial charge in [-0.25, -0.2) is 4.79 Å². The summed E-state index contributed by atoms with van der Waals surface area (Å²) in [5, 5.41) is 17.0. The van der Waals surface area contributed by atoms with Crippen LogP contribution in [0, 0.1) is 5.92 Å². The Labute approximate surface area is 200 Å². The van der Waals surface area contributed by atoms with Crippen molar-refractivity contribution in [3.05, 3.63) is 0 Å². The molecule has 4 atom stereocenters. The molecule has 0 aromatic carbocycles. The first kappa shape index (κ1) is 31.1. The molecule has 0 saturated heterocycles. The fourth-order valence-electron chi connectivity index (χ4n) is 3.09. The molecule has 196 valence electrons. The van der Waals surface area contributed by atoms with Crippen molar-refractivity contribution in [3.63, 3.8) is 0 Å².